The zero-order valence-corrected chi connectivity index (χ0v) is 15.1. The summed E-state index contributed by atoms with van der Waals surface area (Å²) < 4.78 is 5.02. The molecule has 0 aliphatic heterocycles. The van der Waals surface area contributed by atoms with Crippen molar-refractivity contribution in [2.75, 3.05) is 14.2 Å². The van der Waals surface area contributed by atoms with Gasteiger partial charge >= 0.3 is 0 Å². The Morgan fingerprint density at radius 3 is 2.83 bits per heavy atom. The molecule has 2 amide bonds. The SMILES string of the molecule is COCc1cc(CN(C)C(=O)C(C)(C)NC(=O)c2cccs2)[nH]n1. The number of likely N-dealkylation sites (N-methyl/N-ethyl adjacent to an activating group) is 1. The van der Waals surface area contributed by atoms with E-state index >= 15 is 0 Å². The van der Waals surface area contributed by atoms with Crippen molar-refractivity contribution >= 4 is 23.2 Å². The second kappa shape index (κ2) is 7.59. The van der Waals surface area contributed by atoms with Gasteiger partial charge in [-0.25, -0.2) is 0 Å². The van der Waals surface area contributed by atoms with Gasteiger partial charge in [0.15, 0.2) is 0 Å². The van der Waals surface area contributed by atoms with E-state index in [1.165, 1.54) is 11.3 Å². The Labute approximate surface area is 145 Å². The summed E-state index contributed by atoms with van der Waals surface area (Å²) in [6, 6.07) is 5.38. The normalized spacial score (nSPS) is 11.3. The van der Waals surface area contributed by atoms with Gasteiger partial charge in [-0.2, -0.15) is 5.10 Å². The molecule has 7 nitrogen and oxygen atoms in total. The van der Waals surface area contributed by atoms with Crippen LogP contribution in [0.15, 0.2) is 23.6 Å². The molecule has 2 rings (SSSR count). The maximum absolute atomic E-state index is 12.7. The summed E-state index contributed by atoms with van der Waals surface area (Å²) in [5.74, 6) is -0.434. The standard InChI is InChI=1S/C16H22N4O3S/c1-16(2,17-14(21)13-6-5-7-24-13)15(22)20(3)9-11-8-12(10-23-4)19-18-11/h5-8H,9-10H2,1-4H3,(H,17,21)(H,18,19). The molecule has 2 aromatic rings. The van der Waals surface area contributed by atoms with E-state index in [4.69, 9.17) is 4.74 Å². The predicted octanol–water partition coefficient (Wildman–Crippen LogP) is 1.78. The zero-order valence-electron chi connectivity index (χ0n) is 14.3. The molecule has 0 spiro atoms. The van der Waals surface area contributed by atoms with Crippen LogP contribution in [0.3, 0.4) is 0 Å². The molecule has 0 radical (unpaired) electrons. The molecule has 8 heteroatoms. The minimum absolute atomic E-state index is 0.185. The lowest BCUT2D eigenvalue weighted by Crippen LogP contribution is -2.54. The van der Waals surface area contributed by atoms with Gasteiger partial charge in [-0.1, -0.05) is 6.07 Å². The number of amides is 2. The molecule has 0 saturated heterocycles. The number of aromatic nitrogens is 2. The van der Waals surface area contributed by atoms with Crippen molar-refractivity contribution < 1.29 is 14.3 Å². The van der Waals surface area contributed by atoms with Crippen LogP contribution in [-0.2, 0) is 22.7 Å². The first-order valence-corrected chi connectivity index (χ1v) is 8.35. The number of hydrogen-bond acceptors (Lipinski definition) is 5. The fourth-order valence-electron chi connectivity index (χ4n) is 2.32. The molecule has 2 aromatic heterocycles. The minimum atomic E-state index is -1.01. The molecule has 0 aliphatic rings. The average molecular weight is 350 g/mol. The van der Waals surface area contributed by atoms with Crippen molar-refractivity contribution in [3.8, 4) is 0 Å². The van der Waals surface area contributed by atoms with Gasteiger partial charge in [0.1, 0.15) is 5.54 Å². The Bertz CT molecular complexity index is 694. The lowest BCUT2D eigenvalue weighted by Gasteiger charge is -2.29. The number of ether oxygens (including phenoxy) is 1. The van der Waals surface area contributed by atoms with Crippen LogP contribution in [0.2, 0.25) is 0 Å². The Kier molecular flexibility index (Phi) is 5.74. The van der Waals surface area contributed by atoms with Gasteiger partial charge in [-0.15, -0.1) is 11.3 Å². The lowest BCUT2D eigenvalue weighted by molar-refractivity contribution is -0.136. The largest absolute Gasteiger partial charge is 0.378 e. The van der Waals surface area contributed by atoms with E-state index in [1.807, 2.05) is 11.4 Å². The number of hydrogen-bond donors (Lipinski definition) is 2. The Morgan fingerprint density at radius 2 is 2.21 bits per heavy atom. The maximum Gasteiger partial charge on any atom is 0.262 e. The van der Waals surface area contributed by atoms with Crippen LogP contribution in [-0.4, -0.2) is 46.6 Å². The van der Waals surface area contributed by atoms with Gasteiger partial charge in [0.25, 0.3) is 5.91 Å². The highest BCUT2D eigenvalue weighted by Gasteiger charge is 2.32. The summed E-state index contributed by atoms with van der Waals surface area (Å²) in [7, 11) is 3.29. The smallest absolute Gasteiger partial charge is 0.262 e. The summed E-state index contributed by atoms with van der Waals surface area (Å²) in [5.41, 5.74) is 0.572. The summed E-state index contributed by atoms with van der Waals surface area (Å²) in [5, 5.41) is 11.6. The van der Waals surface area contributed by atoms with Crippen LogP contribution in [0.5, 0.6) is 0 Å². The first-order valence-electron chi connectivity index (χ1n) is 7.47. The summed E-state index contributed by atoms with van der Waals surface area (Å²) in [4.78, 5) is 27.0. The predicted molar refractivity (Wildman–Crippen MR) is 91.6 cm³/mol. The lowest BCUT2D eigenvalue weighted by atomic mass is 10.0. The van der Waals surface area contributed by atoms with E-state index in [-0.39, 0.29) is 11.8 Å². The minimum Gasteiger partial charge on any atom is -0.378 e. The van der Waals surface area contributed by atoms with E-state index in [0.717, 1.165) is 11.4 Å². The van der Waals surface area contributed by atoms with Gasteiger partial charge in [0.2, 0.25) is 5.91 Å². The number of H-pyrrole nitrogens is 1. The van der Waals surface area contributed by atoms with Crippen molar-refractivity contribution in [1.29, 1.82) is 0 Å². The molecule has 130 valence electrons. The number of carbonyl (C=O) groups is 2. The van der Waals surface area contributed by atoms with Crippen LogP contribution >= 0.6 is 11.3 Å². The monoisotopic (exact) mass is 350 g/mol. The fraction of sp³-hybridized carbons (Fsp3) is 0.438. The number of methoxy groups -OCH3 is 1. The van der Waals surface area contributed by atoms with Crippen LogP contribution in [0.4, 0.5) is 0 Å². The molecule has 0 atom stereocenters. The highest BCUT2D eigenvalue weighted by molar-refractivity contribution is 7.12. The van der Waals surface area contributed by atoms with Crippen molar-refractivity contribution in [3.05, 3.63) is 39.8 Å². The van der Waals surface area contributed by atoms with Crippen molar-refractivity contribution in [2.45, 2.75) is 32.5 Å². The molecular formula is C16H22N4O3S. The van der Waals surface area contributed by atoms with Gasteiger partial charge in [-0.05, 0) is 31.4 Å². The molecule has 0 unspecified atom stereocenters. The van der Waals surface area contributed by atoms with Crippen molar-refractivity contribution in [2.24, 2.45) is 0 Å². The van der Waals surface area contributed by atoms with E-state index in [0.29, 0.717) is 18.0 Å². The second-order valence-corrected chi connectivity index (χ2v) is 6.98. The van der Waals surface area contributed by atoms with E-state index in [1.54, 1.807) is 45.0 Å². The molecule has 0 aliphatic carbocycles. The average Bonchev–Trinajstić information content (AvgIpc) is 3.18. The molecule has 2 heterocycles. The molecule has 2 N–H and O–H groups in total. The Hall–Kier alpha value is -2.19. The maximum atomic E-state index is 12.7. The summed E-state index contributed by atoms with van der Waals surface area (Å²) in [6.07, 6.45) is 0. The van der Waals surface area contributed by atoms with Crippen LogP contribution in [0.1, 0.15) is 34.9 Å². The van der Waals surface area contributed by atoms with Crippen LogP contribution in [0.25, 0.3) is 0 Å². The van der Waals surface area contributed by atoms with Crippen LogP contribution in [0, 0.1) is 0 Å². The van der Waals surface area contributed by atoms with Gasteiger partial charge < -0.3 is 15.0 Å². The van der Waals surface area contributed by atoms with Gasteiger partial charge in [0, 0.05) is 14.2 Å². The molecule has 0 bridgehead atoms. The summed E-state index contributed by atoms with van der Waals surface area (Å²) >= 11 is 1.34. The fourth-order valence-corrected chi connectivity index (χ4v) is 2.94. The highest BCUT2D eigenvalue weighted by atomic mass is 32.1. The number of nitrogens with zero attached hydrogens (tertiary/aromatic N) is 2. The quantitative estimate of drug-likeness (QED) is 0.797. The number of carbonyl (C=O) groups excluding carboxylic acids is 2. The number of aromatic amines is 1. The molecule has 0 saturated carbocycles. The van der Waals surface area contributed by atoms with Gasteiger partial charge in [0.05, 0.1) is 29.4 Å². The summed E-state index contributed by atoms with van der Waals surface area (Å²) in [6.45, 7) is 4.17. The number of nitrogens with one attached hydrogen (secondary N) is 2. The van der Waals surface area contributed by atoms with E-state index in [2.05, 4.69) is 15.5 Å². The van der Waals surface area contributed by atoms with Crippen LogP contribution < -0.4 is 5.32 Å². The third-order valence-corrected chi connectivity index (χ3v) is 4.30. The number of thiophene rings is 1. The Balaban J connectivity index is 1.98. The highest BCUT2D eigenvalue weighted by Crippen LogP contribution is 2.14. The van der Waals surface area contributed by atoms with Crippen molar-refractivity contribution in [3.63, 3.8) is 0 Å². The third kappa shape index (κ3) is 4.42. The molecule has 24 heavy (non-hydrogen) atoms. The molecular weight excluding hydrogens is 328 g/mol. The van der Waals surface area contributed by atoms with Gasteiger partial charge in [-0.3, -0.25) is 14.7 Å². The number of rotatable bonds is 7. The topological polar surface area (TPSA) is 87.3 Å². The third-order valence-electron chi connectivity index (χ3n) is 3.44. The first-order chi connectivity index (χ1) is 11.3. The Morgan fingerprint density at radius 1 is 1.46 bits per heavy atom. The molecule has 0 aromatic carbocycles. The zero-order chi connectivity index (χ0) is 17.7. The molecule has 0 fully saturated rings. The second-order valence-electron chi connectivity index (χ2n) is 6.04. The van der Waals surface area contributed by atoms with Crippen molar-refractivity contribution in [1.82, 2.24) is 20.4 Å². The first kappa shape index (κ1) is 18.2. The van der Waals surface area contributed by atoms with E-state index in [9.17, 15) is 9.59 Å². The van der Waals surface area contributed by atoms with E-state index < -0.39 is 5.54 Å².